The van der Waals surface area contributed by atoms with Gasteiger partial charge in [0.1, 0.15) is 6.29 Å². The maximum Gasteiger partial charge on any atom is 0.234 e. The van der Waals surface area contributed by atoms with Gasteiger partial charge in [-0.3, -0.25) is 9.59 Å². The molecule has 1 atom stereocenters. The minimum atomic E-state index is -0.862. The molecule has 12 heavy (non-hydrogen) atoms. The number of hydrogen-bond acceptors (Lipinski definition) is 4. The highest BCUT2D eigenvalue weighted by Crippen LogP contribution is 1.85. The second-order valence-corrected chi connectivity index (χ2v) is 2.18. The zero-order valence-electron chi connectivity index (χ0n) is 6.45. The first-order chi connectivity index (χ1) is 5.60. The van der Waals surface area contributed by atoms with Crippen molar-refractivity contribution in [2.75, 3.05) is 6.54 Å². The molecule has 0 heterocycles. The summed E-state index contributed by atoms with van der Waals surface area (Å²) in [5, 5.41) is 2.21. The van der Waals surface area contributed by atoms with E-state index in [-0.39, 0.29) is 13.0 Å². The third kappa shape index (κ3) is 4.40. The number of carbonyl (C=O) groups is 3. The minimum Gasteiger partial charge on any atom is -0.370 e. The van der Waals surface area contributed by atoms with Crippen LogP contribution in [0.2, 0.25) is 0 Å². The molecule has 0 radical (unpaired) electrons. The quantitative estimate of drug-likeness (QED) is 0.398. The second kappa shape index (κ2) is 5.25. The lowest BCUT2D eigenvalue weighted by Gasteiger charge is -2.08. The molecule has 2 amide bonds. The molecule has 0 aromatic carbocycles. The first-order valence-corrected chi connectivity index (χ1v) is 3.33. The molecule has 0 saturated carbocycles. The average molecular weight is 173 g/mol. The summed E-state index contributed by atoms with van der Waals surface area (Å²) in [7, 11) is 0. The van der Waals surface area contributed by atoms with Crippen molar-refractivity contribution >= 4 is 18.1 Å². The van der Waals surface area contributed by atoms with Crippen LogP contribution in [0.25, 0.3) is 0 Å². The lowest BCUT2D eigenvalue weighted by Crippen LogP contribution is -2.41. The van der Waals surface area contributed by atoms with Crippen molar-refractivity contribution in [2.45, 2.75) is 12.5 Å². The van der Waals surface area contributed by atoms with E-state index < -0.39 is 17.9 Å². The summed E-state index contributed by atoms with van der Waals surface area (Å²) in [6.45, 7) is -0.219. The Labute approximate surface area is 69.3 Å². The van der Waals surface area contributed by atoms with Crippen LogP contribution in [0, 0.1) is 0 Å². The van der Waals surface area contributed by atoms with Crippen molar-refractivity contribution in [1.29, 1.82) is 0 Å². The molecule has 0 aromatic heterocycles. The highest BCUT2D eigenvalue weighted by atomic mass is 16.2. The van der Waals surface area contributed by atoms with E-state index in [9.17, 15) is 14.4 Å². The standard InChI is InChI=1S/C6H11N3O3/c7-2-6(12)9-4(3-10)1-5(8)11/h3-4H,1-2,7H2,(H2,8,11)(H,9,12). The zero-order chi connectivity index (χ0) is 9.56. The summed E-state index contributed by atoms with van der Waals surface area (Å²) in [4.78, 5) is 31.2. The van der Waals surface area contributed by atoms with Crippen molar-refractivity contribution in [2.24, 2.45) is 11.5 Å². The van der Waals surface area contributed by atoms with Crippen molar-refractivity contribution in [3.8, 4) is 0 Å². The molecule has 0 spiro atoms. The molecule has 0 aliphatic heterocycles. The summed E-state index contributed by atoms with van der Waals surface area (Å²) >= 11 is 0. The van der Waals surface area contributed by atoms with Crippen LogP contribution >= 0.6 is 0 Å². The third-order valence-electron chi connectivity index (χ3n) is 1.12. The molecule has 5 N–H and O–H groups in total. The van der Waals surface area contributed by atoms with Crippen LogP contribution in [-0.2, 0) is 14.4 Å². The summed E-state index contributed by atoms with van der Waals surface area (Å²) < 4.78 is 0. The lowest BCUT2D eigenvalue weighted by atomic mass is 10.2. The van der Waals surface area contributed by atoms with Gasteiger partial charge >= 0.3 is 0 Å². The Kier molecular flexibility index (Phi) is 4.62. The van der Waals surface area contributed by atoms with Gasteiger partial charge < -0.3 is 21.6 Å². The molecule has 0 aliphatic carbocycles. The Bertz CT molecular complexity index is 192. The average Bonchev–Trinajstić information content (AvgIpc) is 2.02. The molecule has 0 rings (SSSR count). The van der Waals surface area contributed by atoms with E-state index >= 15 is 0 Å². The van der Waals surface area contributed by atoms with E-state index in [0.717, 1.165) is 0 Å². The van der Waals surface area contributed by atoms with Gasteiger partial charge in [-0.1, -0.05) is 0 Å². The molecule has 0 saturated heterocycles. The molecule has 1 unspecified atom stereocenters. The molecular weight excluding hydrogens is 162 g/mol. The predicted molar refractivity (Wildman–Crippen MR) is 40.9 cm³/mol. The lowest BCUT2D eigenvalue weighted by molar-refractivity contribution is -0.124. The van der Waals surface area contributed by atoms with E-state index in [0.29, 0.717) is 6.29 Å². The molecule has 0 aliphatic rings. The van der Waals surface area contributed by atoms with Gasteiger partial charge in [-0.05, 0) is 0 Å². The Morgan fingerprint density at radius 2 is 2.08 bits per heavy atom. The molecule has 6 heteroatoms. The topological polar surface area (TPSA) is 115 Å². The Morgan fingerprint density at radius 3 is 2.42 bits per heavy atom. The van der Waals surface area contributed by atoms with Crippen LogP contribution in [0.1, 0.15) is 6.42 Å². The number of nitrogens with two attached hydrogens (primary N) is 2. The number of aldehydes is 1. The van der Waals surface area contributed by atoms with Crippen molar-refractivity contribution in [3.05, 3.63) is 0 Å². The van der Waals surface area contributed by atoms with Crippen LogP contribution in [0.4, 0.5) is 0 Å². The third-order valence-corrected chi connectivity index (χ3v) is 1.12. The van der Waals surface area contributed by atoms with Crippen LogP contribution in [0.15, 0.2) is 0 Å². The number of rotatable bonds is 5. The molecule has 6 nitrogen and oxygen atoms in total. The summed E-state index contributed by atoms with van der Waals surface area (Å²) in [6.07, 6.45) is 0.244. The van der Waals surface area contributed by atoms with Crippen molar-refractivity contribution in [1.82, 2.24) is 5.32 Å². The highest BCUT2D eigenvalue weighted by molar-refractivity contribution is 5.84. The van der Waals surface area contributed by atoms with Crippen LogP contribution < -0.4 is 16.8 Å². The summed E-state index contributed by atoms with van der Waals surface area (Å²) in [5.74, 6) is -1.14. The molecule has 0 fully saturated rings. The van der Waals surface area contributed by atoms with Gasteiger partial charge in [0.2, 0.25) is 11.8 Å². The summed E-state index contributed by atoms with van der Waals surface area (Å²) in [6, 6.07) is -0.862. The Hall–Kier alpha value is -1.43. The number of hydrogen-bond donors (Lipinski definition) is 3. The first-order valence-electron chi connectivity index (χ1n) is 3.33. The SMILES string of the molecule is NCC(=O)NC(C=O)CC(N)=O. The molecular formula is C6H11N3O3. The van der Waals surface area contributed by atoms with Gasteiger partial charge in [-0.25, -0.2) is 0 Å². The Balaban J connectivity index is 3.90. The van der Waals surface area contributed by atoms with Crippen molar-refractivity contribution < 1.29 is 14.4 Å². The van der Waals surface area contributed by atoms with Gasteiger partial charge in [0.25, 0.3) is 0 Å². The first kappa shape index (κ1) is 10.6. The van der Waals surface area contributed by atoms with E-state index in [2.05, 4.69) is 5.32 Å². The number of nitrogens with one attached hydrogen (secondary N) is 1. The predicted octanol–water partition coefficient (Wildman–Crippen LogP) is -2.50. The monoisotopic (exact) mass is 173 g/mol. The van der Waals surface area contributed by atoms with Gasteiger partial charge in [-0.2, -0.15) is 0 Å². The fraction of sp³-hybridized carbons (Fsp3) is 0.500. The fourth-order valence-corrected chi connectivity index (χ4v) is 0.616. The van der Waals surface area contributed by atoms with E-state index in [1.165, 1.54) is 0 Å². The molecule has 0 aromatic rings. The summed E-state index contributed by atoms with van der Waals surface area (Å²) in [5.41, 5.74) is 9.77. The van der Waals surface area contributed by atoms with Gasteiger partial charge in [0.05, 0.1) is 19.0 Å². The van der Waals surface area contributed by atoms with E-state index in [1.54, 1.807) is 0 Å². The number of amides is 2. The largest absolute Gasteiger partial charge is 0.370 e. The smallest absolute Gasteiger partial charge is 0.234 e. The normalized spacial score (nSPS) is 11.8. The van der Waals surface area contributed by atoms with Gasteiger partial charge in [-0.15, -0.1) is 0 Å². The molecule has 68 valence electrons. The van der Waals surface area contributed by atoms with E-state index in [1.807, 2.05) is 0 Å². The van der Waals surface area contributed by atoms with E-state index in [4.69, 9.17) is 11.5 Å². The minimum absolute atomic E-state index is 0.199. The highest BCUT2D eigenvalue weighted by Gasteiger charge is 2.12. The fourth-order valence-electron chi connectivity index (χ4n) is 0.616. The van der Waals surface area contributed by atoms with Crippen LogP contribution in [0.3, 0.4) is 0 Å². The van der Waals surface area contributed by atoms with Gasteiger partial charge in [0, 0.05) is 0 Å². The van der Waals surface area contributed by atoms with Crippen molar-refractivity contribution in [3.63, 3.8) is 0 Å². The van der Waals surface area contributed by atoms with Gasteiger partial charge in [0.15, 0.2) is 0 Å². The maximum atomic E-state index is 10.6. The second-order valence-electron chi connectivity index (χ2n) is 2.18. The van der Waals surface area contributed by atoms with Crippen LogP contribution in [-0.4, -0.2) is 30.7 Å². The molecule has 0 bridgehead atoms. The Morgan fingerprint density at radius 1 is 1.50 bits per heavy atom. The van der Waals surface area contributed by atoms with Crippen LogP contribution in [0.5, 0.6) is 0 Å². The zero-order valence-corrected chi connectivity index (χ0v) is 6.45. The number of primary amides is 1. The maximum absolute atomic E-state index is 10.6. The number of carbonyl (C=O) groups excluding carboxylic acids is 3.